The lowest BCUT2D eigenvalue weighted by Gasteiger charge is -2.22. The molecule has 1 aliphatic rings. The Hall–Kier alpha value is -3.12. The fourth-order valence-electron chi connectivity index (χ4n) is 4.75. The summed E-state index contributed by atoms with van der Waals surface area (Å²) in [7, 11) is 0. The van der Waals surface area contributed by atoms with Gasteiger partial charge < -0.3 is 5.11 Å². The van der Waals surface area contributed by atoms with Crippen LogP contribution in [0.25, 0.3) is 5.57 Å². The maximum atomic E-state index is 12.5. The first-order chi connectivity index (χ1) is 13.7. The monoisotopic (exact) mass is 385 g/mol. The molecule has 3 nitrogen and oxygen atoms in total. The van der Waals surface area contributed by atoms with Crippen molar-refractivity contribution in [1.82, 2.24) is 0 Å². The number of nitrogens with zero attached hydrogens (tertiary/aromatic N) is 1. The number of benzene rings is 2. The Morgan fingerprint density at radius 1 is 1.14 bits per heavy atom. The average molecular weight is 386 g/mol. The molecule has 1 saturated carbocycles. The summed E-state index contributed by atoms with van der Waals surface area (Å²) < 4.78 is 0. The predicted molar refractivity (Wildman–Crippen MR) is 116 cm³/mol. The van der Waals surface area contributed by atoms with Crippen molar-refractivity contribution in [2.75, 3.05) is 0 Å². The van der Waals surface area contributed by atoms with Crippen LogP contribution in [0.4, 0.5) is 0 Å². The van der Waals surface area contributed by atoms with Crippen molar-refractivity contribution in [3.63, 3.8) is 0 Å². The predicted octanol–water partition coefficient (Wildman–Crippen LogP) is 6.05. The van der Waals surface area contributed by atoms with Crippen LogP contribution >= 0.6 is 0 Å². The highest BCUT2D eigenvalue weighted by Crippen LogP contribution is 2.75. The molecule has 0 heterocycles. The Labute approximate surface area is 173 Å². The number of nitriles is 1. The van der Waals surface area contributed by atoms with Gasteiger partial charge in [-0.25, -0.2) is 0 Å². The van der Waals surface area contributed by atoms with E-state index in [0.29, 0.717) is 0 Å². The highest BCUT2D eigenvalue weighted by atomic mass is 16.4. The van der Waals surface area contributed by atoms with Gasteiger partial charge in [0.25, 0.3) is 0 Å². The van der Waals surface area contributed by atoms with Gasteiger partial charge in [0.15, 0.2) is 0 Å². The lowest BCUT2D eigenvalue weighted by Crippen LogP contribution is -2.29. The molecule has 0 bridgehead atoms. The van der Waals surface area contributed by atoms with Crippen molar-refractivity contribution < 1.29 is 9.90 Å². The third kappa shape index (κ3) is 3.19. The van der Waals surface area contributed by atoms with Gasteiger partial charge in [-0.05, 0) is 47.6 Å². The standard InChI is InChI=1S/C26H27NO2/c1-17(2)14-23-25(4,5)26(23,24(28)29)22(16-27)21-13-9-12-20(15-21)18(3)19-10-7-6-8-11-19/h6-15,22-23H,3H2,1-2,4-5H3,(H,28,29)/t22?,23-,26-/m1/s1. The fraction of sp³-hybridized carbons (Fsp3) is 0.308. The number of rotatable bonds is 6. The second-order valence-electron chi connectivity index (χ2n) is 8.65. The normalized spacial score (nSPS) is 22.8. The lowest BCUT2D eigenvalue weighted by atomic mass is 9.77. The van der Waals surface area contributed by atoms with Crippen molar-refractivity contribution in [3.05, 3.63) is 89.5 Å². The number of hydrogen-bond acceptors (Lipinski definition) is 2. The molecule has 1 aliphatic carbocycles. The molecule has 0 amide bonds. The van der Waals surface area contributed by atoms with Gasteiger partial charge in [-0.1, -0.05) is 80.6 Å². The number of hydrogen-bond donors (Lipinski definition) is 1. The fourth-order valence-corrected chi connectivity index (χ4v) is 4.75. The molecule has 148 valence electrons. The van der Waals surface area contributed by atoms with Gasteiger partial charge in [-0.15, -0.1) is 0 Å². The Morgan fingerprint density at radius 2 is 1.76 bits per heavy atom. The minimum atomic E-state index is -1.15. The smallest absolute Gasteiger partial charge is 0.312 e. The Bertz CT molecular complexity index is 1020. The molecule has 0 aromatic heterocycles. The molecule has 0 aliphatic heterocycles. The van der Waals surface area contributed by atoms with Crippen LogP contribution in [-0.4, -0.2) is 11.1 Å². The van der Waals surface area contributed by atoms with Crippen LogP contribution in [0.5, 0.6) is 0 Å². The van der Waals surface area contributed by atoms with Gasteiger partial charge in [-0.3, -0.25) is 4.79 Å². The molecule has 29 heavy (non-hydrogen) atoms. The molecule has 1 fully saturated rings. The molecular formula is C26H27NO2. The largest absolute Gasteiger partial charge is 0.481 e. The van der Waals surface area contributed by atoms with Gasteiger partial charge in [0, 0.05) is 5.92 Å². The number of carbonyl (C=O) groups is 1. The zero-order valence-corrected chi connectivity index (χ0v) is 17.4. The summed E-state index contributed by atoms with van der Waals surface area (Å²) >= 11 is 0. The molecule has 0 radical (unpaired) electrons. The first-order valence-corrected chi connectivity index (χ1v) is 9.80. The van der Waals surface area contributed by atoms with Crippen LogP contribution in [0.1, 0.15) is 50.3 Å². The van der Waals surface area contributed by atoms with E-state index >= 15 is 0 Å². The van der Waals surface area contributed by atoms with Crippen molar-refractivity contribution in [2.45, 2.75) is 33.6 Å². The van der Waals surface area contributed by atoms with Crippen molar-refractivity contribution in [3.8, 4) is 6.07 Å². The molecule has 1 N–H and O–H groups in total. The van der Waals surface area contributed by atoms with E-state index in [1.54, 1.807) is 0 Å². The lowest BCUT2D eigenvalue weighted by molar-refractivity contribution is -0.145. The second kappa shape index (κ2) is 7.37. The Balaban J connectivity index is 2.07. The van der Waals surface area contributed by atoms with E-state index in [1.807, 2.05) is 88.4 Å². The van der Waals surface area contributed by atoms with Gasteiger partial charge in [-0.2, -0.15) is 5.26 Å². The molecule has 1 unspecified atom stereocenters. The van der Waals surface area contributed by atoms with E-state index in [9.17, 15) is 15.2 Å². The minimum absolute atomic E-state index is 0.192. The SMILES string of the molecule is C=C(c1ccccc1)c1cccc(C(C#N)[C@]2(C(=O)O)[C@H](C=C(C)C)C2(C)C)c1. The maximum Gasteiger partial charge on any atom is 0.312 e. The summed E-state index contributed by atoms with van der Waals surface area (Å²) in [4.78, 5) is 12.5. The molecule has 2 aromatic carbocycles. The maximum absolute atomic E-state index is 12.5. The molecular weight excluding hydrogens is 358 g/mol. The summed E-state index contributed by atoms with van der Waals surface area (Å²) in [5, 5.41) is 20.3. The van der Waals surface area contributed by atoms with Crippen LogP contribution in [0.15, 0.2) is 72.8 Å². The highest BCUT2D eigenvalue weighted by molar-refractivity contribution is 5.84. The zero-order chi connectivity index (χ0) is 21.4. The van der Waals surface area contributed by atoms with E-state index in [0.717, 1.165) is 27.8 Å². The van der Waals surface area contributed by atoms with Crippen LogP contribution in [-0.2, 0) is 4.79 Å². The average Bonchev–Trinajstić information content (AvgIpc) is 3.17. The summed E-state index contributed by atoms with van der Waals surface area (Å²) in [6.07, 6.45) is 2.01. The van der Waals surface area contributed by atoms with Crippen molar-refractivity contribution in [1.29, 1.82) is 5.26 Å². The molecule has 3 heteroatoms. The topological polar surface area (TPSA) is 61.1 Å². The number of carboxylic acids is 1. The number of allylic oxidation sites excluding steroid dienone is 2. The summed E-state index contributed by atoms with van der Waals surface area (Å²) in [6, 6.07) is 19.8. The van der Waals surface area contributed by atoms with E-state index < -0.39 is 22.7 Å². The number of aliphatic carboxylic acids is 1. The van der Waals surface area contributed by atoms with E-state index in [-0.39, 0.29) is 5.92 Å². The summed E-state index contributed by atoms with van der Waals surface area (Å²) in [6.45, 7) is 12.0. The van der Waals surface area contributed by atoms with Crippen LogP contribution in [0.2, 0.25) is 0 Å². The Morgan fingerprint density at radius 3 is 2.31 bits per heavy atom. The molecule has 3 rings (SSSR count). The third-order valence-corrected chi connectivity index (χ3v) is 6.38. The van der Waals surface area contributed by atoms with Crippen LogP contribution < -0.4 is 0 Å². The molecule has 0 saturated heterocycles. The zero-order valence-electron chi connectivity index (χ0n) is 17.4. The molecule has 0 spiro atoms. The van der Waals surface area contributed by atoms with Crippen LogP contribution in [0, 0.1) is 28.1 Å². The first-order valence-electron chi connectivity index (χ1n) is 9.80. The quantitative estimate of drug-likeness (QED) is 0.616. The van der Waals surface area contributed by atoms with Crippen molar-refractivity contribution in [2.24, 2.45) is 16.7 Å². The Kier molecular flexibility index (Phi) is 5.24. The van der Waals surface area contributed by atoms with Crippen molar-refractivity contribution >= 4 is 11.5 Å². The summed E-state index contributed by atoms with van der Waals surface area (Å²) in [5.74, 6) is -1.86. The van der Waals surface area contributed by atoms with Gasteiger partial charge in [0.05, 0.1) is 12.0 Å². The third-order valence-electron chi connectivity index (χ3n) is 6.38. The first kappa shape index (κ1) is 20.6. The minimum Gasteiger partial charge on any atom is -0.481 e. The molecule has 3 atom stereocenters. The highest BCUT2D eigenvalue weighted by Gasteiger charge is 2.78. The van der Waals surface area contributed by atoms with Gasteiger partial charge in [0.1, 0.15) is 5.41 Å². The van der Waals surface area contributed by atoms with Gasteiger partial charge >= 0.3 is 5.97 Å². The van der Waals surface area contributed by atoms with Gasteiger partial charge in [0.2, 0.25) is 0 Å². The second-order valence-corrected chi connectivity index (χ2v) is 8.65. The summed E-state index contributed by atoms with van der Waals surface area (Å²) in [5.41, 5.74) is 2.88. The van der Waals surface area contributed by atoms with Crippen LogP contribution in [0.3, 0.4) is 0 Å². The molecule has 2 aromatic rings. The van der Waals surface area contributed by atoms with E-state index in [2.05, 4.69) is 12.6 Å². The van der Waals surface area contributed by atoms with E-state index in [1.165, 1.54) is 0 Å². The number of carboxylic acid groups (broad SMARTS) is 1. The van der Waals surface area contributed by atoms with E-state index in [4.69, 9.17) is 0 Å².